The van der Waals surface area contributed by atoms with E-state index in [2.05, 4.69) is 15.5 Å². The summed E-state index contributed by atoms with van der Waals surface area (Å²) in [7, 11) is 0. The first-order valence-corrected chi connectivity index (χ1v) is 7.28. The summed E-state index contributed by atoms with van der Waals surface area (Å²) in [5.74, 6) is -0.398. The van der Waals surface area contributed by atoms with Gasteiger partial charge in [0.05, 0.1) is 27.5 Å². The molecular weight excluding hydrogens is 363 g/mol. The zero-order valence-electron chi connectivity index (χ0n) is 11.6. The van der Waals surface area contributed by atoms with Crippen LogP contribution in [-0.4, -0.2) is 16.3 Å². The van der Waals surface area contributed by atoms with Crippen LogP contribution in [0.2, 0.25) is 15.1 Å². The van der Waals surface area contributed by atoms with Crippen molar-refractivity contribution in [1.29, 1.82) is 5.26 Å². The van der Waals surface area contributed by atoms with Gasteiger partial charge in [0.25, 0.3) is 5.56 Å². The molecule has 0 saturated carbocycles. The number of pyridine rings is 1. The summed E-state index contributed by atoms with van der Waals surface area (Å²) in [6.07, 6.45) is 1.24. The van der Waals surface area contributed by atoms with Gasteiger partial charge in [-0.2, -0.15) is 10.4 Å². The summed E-state index contributed by atoms with van der Waals surface area (Å²) in [5, 5.41) is 23.6. The number of benzene rings is 1. The highest BCUT2D eigenvalue weighted by atomic mass is 35.5. The summed E-state index contributed by atoms with van der Waals surface area (Å²) in [6.45, 7) is 1.52. The zero-order chi connectivity index (χ0) is 17.1. The Hall–Kier alpha value is -2.20. The molecule has 1 aromatic carbocycles. The van der Waals surface area contributed by atoms with Gasteiger partial charge in [0.1, 0.15) is 11.6 Å². The van der Waals surface area contributed by atoms with Crippen LogP contribution in [0, 0.1) is 18.3 Å². The molecule has 1 aromatic heterocycles. The molecule has 6 nitrogen and oxygen atoms in total. The second-order valence-corrected chi connectivity index (χ2v) is 5.69. The number of aromatic nitrogens is 1. The molecule has 0 aliphatic rings. The van der Waals surface area contributed by atoms with Crippen molar-refractivity contribution in [3.63, 3.8) is 0 Å². The number of rotatable bonds is 3. The van der Waals surface area contributed by atoms with Crippen molar-refractivity contribution in [2.75, 3.05) is 5.43 Å². The molecular formula is C14H9Cl3N4O2. The van der Waals surface area contributed by atoms with E-state index < -0.39 is 11.4 Å². The van der Waals surface area contributed by atoms with Crippen molar-refractivity contribution < 1.29 is 5.11 Å². The molecule has 0 radical (unpaired) electrons. The SMILES string of the molecule is Cc1c(C=NNc2c(Cl)cc(Cl)cc2Cl)c(O)[nH]c(=O)c1C#N. The Morgan fingerprint density at radius 3 is 2.52 bits per heavy atom. The fourth-order valence-electron chi connectivity index (χ4n) is 1.82. The maximum atomic E-state index is 11.5. The first kappa shape index (κ1) is 17.2. The fourth-order valence-corrected chi connectivity index (χ4v) is 2.72. The van der Waals surface area contributed by atoms with Gasteiger partial charge in [0, 0.05) is 5.02 Å². The molecule has 0 bridgehead atoms. The van der Waals surface area contributed by atoms with Crippen molar-refractivity contribution >= 4 is 46.7 Å². The Bertz CT molecular complexity index is 877. The second kappa shape index (κ2) is 6.92. The van der Waals surface area contributed by atoms with Gasteiger partial charge in [0.2, 0.25) is 5.88 Å². The lowest BCUT2D eigenvalue weighted by molar-refractivity contribution is 0.450. The van der Waals surface area contributed by atoms with Crippen molar-refractivity contribution in [2.24, 2.45) is 5.10 Å². The van der Waals surface area contributed by atoms with Crippen LogP contribution < -0.4 is 11.0 Å². The van der Waals surface area contributed by atoms with E-state index in [1.54, 1.807) is 6.07 Å². The van der Waals surface area contributed by atoms with Gasteiger partial charge < -0.3 is 5.11 Å². The van der Waals surface area contributed by atoms with Crippen LogP contribution in [0.1, 0.15) is 16.7 Å². The number of hydrazone groups is 1. The van der Waals surface area contributed by atoms with Gasteiger partial charge in [-0.05, 0) is 24.6 Å². The minimum Gasteiger partial charge on any atom is -0.494 e. The predicted molar refractivity (Wildman–Crippen MR) is 90.9 cm³/mol. The summed E-state index contributed by atoms with van der Waals surface area (Å²) < 4.78 is 0. The molecule has 0 unspecified atom stereocenters. The number of hydrogen-bond donors (Lipinski definition) is 3. The van der Waals surface area contributed by atoms with Gasteiger partial charge >= 0.3 is 0 Å². The maximum Gasteiger partial charge on any atom is 0.268 e. The topological polar surface area (TPSA) is 101 Å². The Kier molecular flexibility index (Phi) is 5.16. The minimum absolute atomic E-state index is 0.105. The van der Waals surface area contributed by atoms with Crippen molar-refractivity contribution in [3.8, 4) is 11.9 Å². The van der Waals surface area contributed by atoms with Crippen molar-refractivity contribution in [1.82, 2.24) is 4.98 Å². The van der Waals surface area contributed by atoms with Gasteiger partial charge in [0.15, 0.2) is 0 Å². The first-order chi connectivity index (χ1) is 10.8. The zero-order valence-corrected chi connectivity index (χ0v) is 13.9. The van der Waals surface area contributed by atoms with E-state index in [4.69, 9.17) is 40.1 Å². The number of H-pyrrole nitrogens is 1. The molecule has 1 heterocycles. The van der Waals surface area contributed by atoms with Crippen LogP contribution in [0.4, 0.5) is 5.69 Å². The summed E-state index contributed by atoms with van der Waals surface area (Å²) >= 11 is 17.8. The molecule has 2 aromatic rings. The molecule has 2 rings (SSSR count). The Balaban J connectivity index is 2.36. The van der Waals surface area contributed by atoms with Gasteiger partial charge in [-0.1, -0.05) is 34.8 Å². The lowest BCUT2D eigenvalue weighted by Gasteiger charge is -2.07. The predicted octanol–water partition coefficient (Wildman–Crippen LogP) is 3.67. The Labute approximate surface area is 145 Å². The molecule has 0 fully saturated rings. The highest BCUT2D eigenvalue weighted by Crippen LogP contribution is 2.33. The highest BCUT2D eigenvalue weighted by molar-refractivity contribution is 6.41. The van der Waals surface area contributed by atoms with Gasteiger partial charge in [-0.25, -0.2) is 0 Å². The number of nitrogens with zero attached hydrogens (tertiary/aromatic N) is 2. The third-order valence-corrected chi connectivity index (χ3v) is 3.80. The van der Waals surface area contributed by atoms with E-state index in [0.29, 0.717) is 16.3 Å². The van der Waals surface area contributed by atoms with E-state index in [-0.39, 0.29) is 21.2 Å². The fraction of sp³-hybridized carbons (Fsp3) is 0.0714. The lowest BCUT2D eigenvalue weighted by atomic mass is 10.1. The summed E-state index contributed by atoms with van der Waals surface area (Å²) in [5.41, 5.74) is 2.67. The van der Waals surface area contributed by atoms with Crippen LogP contribution in [0.5, 0.6) is 5.88 Å². The molecule has 0 aliphatic heterocycles. The van der Waals surface area contributed by atoms with Crippen molar-refractivity contribution in [2.45, 2.75) is 6.92 Å². The summed E-state index contributed by atoms with van der Waals surface area (Å²) in [6, 6.07) is 4.75. The average Bonchev–Trinajstić information content (AvgIpc) is 2.44. The number of aromatic amines is 1. The maximum absolute atomic E-state index is 11.5. The first-order valence-electron chi connectivity index (χ1n) is 6.14. The van der Waals surface area contributed by atoms with Crippen LogP contribution in [-0.2, 0) is 0 Å². The van der Waals surface area contributed by atoms with Gasteiger partial charge in [-0.3, -0.25) is 15.2 Å². The number of aromatic hydroxyl groups is 1. The van der Waals surface area contributed by atoms with Crippen molar-refractivity contribution in [3.05, 3.63) is 54.2 Å². The minimum atomic E-state index is -0.670. The normalized spacial score (nSPS) is 10.7. The molecule has 118 valence electrons. The second-order valence-electron chi connectivity index (χ2n) is 4.44. The average molecular weight is 372 g/mol. The van der Waals surface area contributed by atoms with E-state index in [1.807, 2.05) is 0 Å². The molecule has 0 aliphatic carbocycles. The molecule has 0 amide bonds. The molecule has 9 heteroatoms. The van der Waals surface area contributed by atoms with Crippen LogP contribution in [0.15, 0.2) is 22.0 Å². The Morgan fingerprint density at radius 2 is 1.96 bits per heavy atom. The van der Waals surface area contributed by atoms with E-state index >= 15 is 0 Å². The van der Waals surface area contributed by atoms with E-state index in [9.17, 15) is 9.90 Å². The monoisotopic (exact) mass is 370 g/mol. The lowest BCUT2D eigenvalue weighted by Crippen LogP contribution is -2.14. The largest absolute Gasteiger partial charge is 0.494 e. The quantitative estimate of drug-likeness (QED) is 0.566. The number of hydrogen-bond acceptors (Lipinski definition) is 5. The number of nitrogens with one attached hydrogen (secondary N) is 2. The standard InChI is InChI=1S/C14H9Cl3N4O2/c1-6-8(4-18)13(22)20-14(23)9(6)5-19-21-12-10(16)2-7(15)3-11(12)17/h2-3,5,21H,1H3,(H2,20,22,23). The molecule has 3 N–H and O–H groups in total. The van der Waals surface area contributed by atoms with Crippen LogP contribution in [0.3, 0.4) is 0 Å². The number of halogens is 3. The van der Waals surface area contributed by atoms with Crippen LogP contribution >= 0.6 is 34.8 Å². The third kappa shape index (κ3) is 3.59. The number of anilines is 1. The van der Waals surface area contributed by atoms with Crippen LogP contribution in [0.25, 0.3) is 0 Å². The third-order valence-electron chi connectivity index (χ3n) is 2.98. The Morgan fingerprint density at radius 1 is 1.35 bits per heavy atom. The summed E-state index contributed by atoms with van der Waals surface area (Å²) in [4.78, 5) is 13.7. The number of nitriles is 1. The smallest absolute Gasteiger partial charge is 0.268 e. The molecule has 0 spiro atoms. The highest BCUT2D eigenvalue weighted by Gasteiger charge is 2.12. The van der Waals surface area contributed by atoms with E-state index in [1.165, 1.54) is 25.3 Å². The molecule has 0 saturated heterocycles. The van der Waals surface area contributed by atoms with Gasteiger partial charge in [-0.15, -0.1) is 0 Å². The van der Waals surface area contributed by atoms with E-state index in [0.717, 1.165) is 0 Å². The molecule has 0 atom stereocenters. The molecule has 23 heavy (non-hydrogen) atoms.